The van der Waals surface area contributed by atoms with Crippen LogP contribution in [0.3, 0.4) is 0 Å². The molecule has 12 heteroatoms. The minimum atomic E-state index is -3.81. The molecule has 0 aliphatic carbocycles. The molecule has 0 saturated carbocycles. The SMILES string of the molecule is CN(c1ccccc1C(=O)N1CCC(C(=O)Nc2ccc(S(N)(=O)=O)cc2)CC1)S(C)(=O)=O. The van der Waals surface area contributed by atoms with Gasteiger partial charge < -0.3 is 10.2 Å². The van der Waals surface area contributed by atoms with Gasteiger partial charge in [-0.25, -0.2) is 22.0 Å². The summed E-state index contributed by atoms with van der Waals surface area (Å²) in [5.74, 6) is -0.831. The van der Waals surface area contributed by atoms with Gasteiger partial charge in [-0.1, -0.05) is 12.1 Å². The van der Waals surface area contributed by atoms with Crippen molar-refractivity contribution >= 4 is 43.2 Å². The Morgan fingerprint density at radius 2 is 1.58 bits per heavy atom. The number of sulfonamides is 2. The van der Waals surface area contributed by atoms with Crippen molar-refractivity contribution in [2.24, 2.45) is 11.1 Å². The molecule has 1 heterocycles. The Hall–Kier alpha value is -2.96. The van der Waals surface area contributed by atoms with Gasteiger partial charge in [-0.2, -0.15) is 0 Å². The molecule has 10 nitrogen and oxygen atoms in total. The van der Waals surface area contributed by atoms with Crippen molar-refractivity contribution < 1.29 is 26.4 Å². The Kier molecular flexibility index (Phi) is 7.10. The molecule has 0 aromatic heterocycles. The van der Waals surface area contributed by atoms with Gasteiger partial charge in [-0.15, -0.1) is 0 Å². The number of amides is 2. The van der Waals surface area contributed by atoms with E-state index in [1.54, 1.807) is 29.2 Å². The number of carbonyl (C=O) groups is 2. The van der Waals surface area contributed by atoms with E-state index in [0.717, 1.165) is 10.6 Å². The normalized spacial score (nSPS) is 15.2. The van der Waals surface area contributed by atoms with Crippen LogP contribution in [0.4, 0.5) is 11.4 Å². The van der Waals surface area contributed by atoms with E-state index >= 15 is 0 Å². The number of nitrogens with two attached hydrogens (primary N) is 1. The number of rotatable bonds is 6. The molecule has 0 bridgehead atoms. The van der Waals surface area contributed by atoms with Gasteiger partial charge in [0.15, 0.2) is 0 Å². The van der Waals surface area contributed by atoms with Crippen LogP contribution in [-0.2, 0) is 24.8 Å². The van der Waals surface area contributed by atoms with Crippen molar-refractivity contribution in [3.05, 3.63) is 54.1 Å². The molecule has 2 amide bonds. The van der Waals surface area contributed by atoms with Crippen LogP contribution in [0.2, 0.25) is 0 Å². The maximum absolute atomic E-state index is 13.1. The molecular formula is C21H26N4O6S2. The molecule has 0 atom stereocenters. The van der Waals surface area contributed by atoms with Crippen molar-refractivity contribution in [3.8, 4) is 0 Å². The molecule has 3 N–H and O–H groups in total. The summed E-state index contributed by atoms with van der Waals surface area (Å²) in [5, 5.41) is 7.83. The maximum atomic E-state index is 13.1. The highest BCUT2D eigenvalue weighted by Crippen LogP contribution is 2.26. The zero-order chi connectivity index (χ0) is 24.4. The van der Waals surface area contributed by atoms with Gasteiger partial charge in [0.2, 0.25) is 26.0 Å². The number of piperidine rings is 1. The average Bonchev–Trinajstić information content (AvgIpc) is 2.77. The van der Waals surface area contributed by atoms with Gasteiger partial charge >= 0.3 is 0 Å². The number of likely N-dealkylation sites (tertiary alicyclic amines) is 1. The highest BCUT2D eigenvalue weighted by atomic mass is 32.2. The molecule has 1 saturated heterocycles. The number of nitrogens with one attached hydrogen (secondary N) is 1. The lowest BCUT2D eigenvalue weighted by molar-refractivity contribution is -0.121. The second kappa shape index (κ2) is 9.49. The molecule has 2 aromatic carbocycles. The molecule has 33 heavy (non-hydrogen) atoms. The number of primary sulfonamides is 1. The minimum Gasteiger partial charge on any atom is -0.339 e. The first-order valence-electron chi connectivity index (χ1n) is 10.1. The van der Waals surface area contributed by atoms with Crippen LogP contribution in [-0.4, -0.2) is 59.9 Å². The van der Waals surface area contributed by atoms with Gasteiger partial charge in [0.25, 0.3) is 5.91 Å². The average molecular weight is 495 g/mol. The summed E-state index contributed by atoms with van der Waals surface area (Å²) in [4.78, 5) is 27.3. The fourth-order valence-corrected chi connectivity index (χ4v) is 4.63. The monoisotopic (exact) mass is 494 g/mol. The second-order valence-electron chi connectivity index (χ2n) is 7.87. The number of nitrogens with zero attached hydrogens (tertiary/aromatic N) is 2. The summed E-state index contributed by atoms with van der Waals surface area (Å²) in [7, 11) is -5.95. The predicted molar refractivity (Wildman–Crippen MR) is 125 cm³/mol. The predicted octanol–water partition coefficient (Wildman–Crippen LogP) is 1.22. The van der Waals surface area contributed by atoms with E-state index in [4.69, 9.17) is 5.14 Å². The Morgan fingerprint density at radius 1 is 1.00 bits per heavy atom. The van der Waals surface area contributed by atoms with Crippen molar-refractivity contribution in [2.45, 2.75) is 17.7 Å². The molecular weight excluding hydrogens is 468 g/mol. The summed E-state index contributed by atoms with van der Waals surface area (Å²) in [5.41, 5.74) is 1.03. The van der Waals surface area contributed by atoms with Gasteiger partial charge in [-0.3, -0.25) is 13.9 Å². The highest BCUT2D eigenvalue weighted by Gasteiger charge is 2.30. The zero-order valence-electron chi connectivity index (χ0n) is 18.3. The largest absolute Gasteiger partial charge is 0.339 e. The van der Waals surface area contributed by atoms with Gasteiger partial charge in [0, 0.05) is 31.7 Å². The van der Waals surface area contributed by atoms with Crippen molar-refractivity contribution in [2.75, 3.05) is 36.0 Å². The molecule has 0 unspecified atom stereocenters. The number of hydrogen-bond acceptors (Lipinski definition) is 6. The molecule has 0 radical (unpaired) electrons. The fourth-order valence-electron chi connectivity index (χ4n) is 3.60. The standard InChI is InChI=1S/C21H26N4O6S2/c1-24(32(2,28)29)19-6-4-3-5-18(19)21(27)25-13-11-15(12-14-25)20(26)23-16-7-9-17(10-8-16)33(22,30)31/h3-10,15H,11-14H2,1-2H3,(H,23,26)(H2,22,30,31). The Bertz CT molecular complexity index is 1250. The lowest BCUT2D eigenvalue weighted by Gasteiger charge is -2.32. The van der Waals surface area contributed by atoms with E-state index in [2.05, 4.69) is 5.32 Å². The molecule has 0 spiro atoms. The topological polar surface area (TPSA) is 147 Å². The third kappa shape index (κ3) is 5.89. The van der Waals surface area contributed by atoms with E-state index < -0.39 is 20.0 Å². The number of carbonyl (C=O) groups excluding carboxylic acids is 2. The van der Waals surface area contributed by atoms with Crippen LogP contribution in [0.1, 0.15) is 23.2 Å². The molecule has 178 valence electrons. The van der Waals surface area contributed by atoms with Gasteiger partial charge in [-0.05, 0) is 49.2 Å². The molecule has 2 aromatic rings. The first-order valence-corrected chi connectivity index (χ1v) is 13.5. The van der Waals surface area contributed by atoms with E-state index in [1.807, 2.05) is 0 Å². The third-order valence-electron chi connectivity index (χ3n) is 5.57. The van der Waals surface area contributed by atoms with Crippen LogP contribution >= 0.6 is 0 Å². The Labute approximate surface area is 193 Å². The first-order chi connectivity index (χ1) is 15.4. The van der Waals surface area contributed by atoms with Crippen molar-refractivity contribution in [1.82, 2.24) is 4.90 Å². The van der Waals surface area contributed by atoms with Gasteiger partial charge in [0.05, 0.1) is 22.4 Å². The summed E-state index contributed by atoms with van der Waals surface area (Å²) < 4.78 is 47.6. The maximum Gasteiger partial charge on any atom is 0.255 e. The van der Waals surface area contributed by atoms with Gasteiger partial charge in [0.1, 0.15) is 0 Å². The van der Waals surface area contributed by atoms with Crippen molar-refractivity contribution in [1.29, 1.82) is 0 Å². The summed E-state index contributed by atoms with van der Waals surface area (Å²) in [6.45, 7) is 0.691. The van der Waals surface area contributed by atoms with E-state index in [1.165, 1.54) is 31.3 Å². The smallest absolute Gasteiger partial charge is 0.255 e. The zero-order valence-corrected chi connectivity index (χ0v) is 19.9. The Balaban J connectivity index is 1.63. The van der Waals surface area contributed by atoms with E-state index in [0.29, 0.717) is 37.3 Å². The molecule has 1 aliphatic rings. The van der Waals surface area contributed by atoms with E-state index in [9.17, 15) is 26.4 Å². The number of anilines is 2. The Morgan fingerprint density at radius 3 is 2.12 bits per heavy atom. The second-order valence-corrected chi connectivity index (χ2v) is 11.4. The lowest BCUT2D eigenvalue weighted by Crippen LogP contribution is -2.42. The molecule has 3 rings (SSSR count). The summed E-state index contributed by atoms with van der Waals surface area (Å²) >= 11 is 0. The third-order valence-corrected chi connectivity index (χ3v) is 7.70. The number of para-hydroxylation sites is 1. The van der Waals surface area contributed by atoms with Crippen LogP contribution in [0.5, 0.6) is 0 Å². The number of benzene rings is 2. The quantitative estimate of drug-likeness (QED) is 0.617. The fraction of sp³-hybridized carbons (Fsp3) is 0.333. The molecule has 1 fully saturated rings. The van der Waals surface area contributed by atoms with E-state index in [-0.39, 0.29) is 28.2 Å². The first kappa shape index (κ1) is 24.7. The summed E-state index contributed by atoms with van der Waals surface area (Å²) in [6.07, 6.45) is 1.95. The van der Waals surface area contributed by atoms with Crippen LogP contribution in [0.25, 0.3) is 0 Å². The minimum absolute atomic E-state index is 0.0471. The van der Waals surface area contributed by atoms with Crippen LogP contribution < -0.4 is 14.8 Å². The lowest BCUT2D eigenvalue weighted by atomic mass is 9.95. The highest BCUT2D eigenvalue weighted by molar-refractivity contribution is 7.92. The molecule has 1 aliphatic heterocycles. The summed E-state index contributed by atoms with van der Waals surface area (Å²) in [6, 6.07) is 12.1. The van der Waals surface area contributed by atoms with Crippen molar-refractivity contribution in [3.63, 3.8) is 0 Å². The number of hydrogen-bond donors (Lipinski definition) is 2. The van der Waals surface area contributed by atoms with Crippen LogP contribution in [0.15, 0.2) is 53.4 Å². The van der Waals surface area contributed by atoms with Crippen LogP contribution in [0, 0.1) is 5.92 Å².